The van der Waals surface area contributed by atoms with Crippen LogP contribution in [0.2, 0.25) is 5.02 Å². The van der Waals surface area contributed by atoms with Gasteiger partial charge in [-0.2, -0.15) is 4.37 Å². The van der Waals surface area contributed by atoms with Gasteiger partial charge in [0.05, 0.1) is 5.69 Å². The van der Waals surface area contributed by atoms with Gasteiger partial charge in [-0.3, -0.25) is 9.59 Å². The number of carbonyl (C=O) groups is 2. The maximum absolute atomic E-state index is 12.4. The van der Waals surface area contributed by atoms with Crippen molar-refractivity contribution in [1.29, 1.82) is 0 Å². The number of aromatic nitrogens is 1. The summed E-state index contributed by atoms with van der Waals surface area (Å²) in [6, 6.07) is 7.25. The average Bonchev–Trinajstić information content (AvgIpc) is 3.23. The number of benzene rings is 1. The number of hydrogen-bond donors (Lipinski definition) is 2. The molecule has 126 valence electrons. The molecule has 0 bridgehead atoms. The summed E-state index contributed by atoms with van der Waals surface area (Å²) in [6.07, 6.45) is 1.99. The second-order valence-electron chi connectivity index (χ2n) is 5.55. The Hall–Kier alpha value is -2.12. The van der Waals surface area contributed by atoms with Crippen LogP contribution >= 0.6 is 23.1 Å². The average molecular weight is 365 g/mol. The number of carbonyl (C=O) groups excluding carboxylic acids is 2. The Balaban J connectivity index is 1.69. The highest BCUT2D eigenvalue weighted by molar-refractivity contribution is 7.09. The molecule has 2 aromatic rings. The molecule has 0 unspecified atom stereocenters. The van der Waals surface area contributed by atoms with E-state index in [1.165, 1.54) is 0 Å². The number of halogens is 1. The summed E-state index contributed by atoms with van der Waals surface area (Å²) in [7, 11) is 0. The molecule has 0 saturated carbocycles. The van der Waals surface area contributed by atoms with E-state index in [9.17, 15) is 9.59 Å². The van der Waals surface area contributed by atoms with Crippen molar-refractivity contribution >= 4 is 40.6 Å². The van der Waals surface area contributed by atoms with Crippen molar-refractivity contribution in [2.45, 2.75) is 19.4 Å². The Morgan fingerprint density at radius 1 is 1.29 bits per heavy atom. The molecule has 24 heavy (non-hydrogen) atoms. The van der Waals surface area contributed by atoms with E-state index in [1.807, 2.05) is 18.2 Å². The van der Waals surface area contributed by atoms with E-state index < -0.39 is 5.91 Å². The van der Waals surface area contributed by atoms with Gasteiger partial charge in [-0.15, -0.1) is 0 Å². The molecular weight excluding hydrogens is 348 g/mol. The van der Waals surface area contributed by atoms with Crippen LogP contribution in [0.3, 0.4) is 0 Å². The molecule has 2 heterocycles. The first-order valence-corrected chi connectivity index (χ1v) is 8.79. The largest absolute Gasteiger partial charge is 0.395 e. The lowest BCUT2D eigenvalue weighted by Crippen LogP contribution is -2.28. The number of likely N-dealkylation sites (tertiary alicyclic amines) is 1. The van der Waals surface area contributed by atoms with Gasteiger partial charge in [-0.25, -0.2) is 0 Å². The smallest absolute Gasteiger partial charge is 0.273 e. The van der Waals surface area contributed by atoms with E-state index in [4.69, 9.17) is 17.3 Å². The summed E-state index contributed by atoms with van der Waals surface area (Å²) in [6.45, 7) is 1.72. The molecule has 0 spiro atoms. The molecule has 1 aromatic carbocycles. The van der Waals surface area contributed by atoms with Gasteiger partial charge >= 0.3 is 0 Å². The number of rotatable bonds is 4. The summed E-state index contributed by atoms with van der Waals surface area (Å²) in [5.41, 5.74) is 7.02. The number of hydrogen-bond acceptors (Lipinski definition) is 5. The summed E-state index contributed by atoms with van der Waals surface area (Å²) in [4.78, 5) is 26.8. The fourth-order valence-electron chi connectivity index (χ4n) is 2.58. The SMILES string of the molecule is Nc1c(C(=O)NCc2ccccc2Cl)nsc1C(=O)N1CCCC1. The number of nitrogens with one attached hydrogen (secondary N) is 1. The second kappa shape index (κ2) is 7.19. The predicted molar refractivity (Wildman–Crippen MR) is 94.3 cm³/mol. The monoisotopic (exact) mass is 364 g/mol. The zero-order valence-electron chi connectivity index (χ0n) is 12.9. The maximum Gasteiger partial charge on any atom is 0.273 e. The first kappa shape index (κ1) is 16.7. The Labute approximate surface area is 148 Å². The van der Waals surface area contributed by atoms with E-state index in [0.717, 1.165) is 43.0 Å². The van der Waals surface area contributed by atoms with E-state index >= 15 is 0 Å². The summed E-state index contributed by atoms with van der Waals surface area (Å²) in [5.74, 6) is -0.559. The van der Waals surface area contributed by atoms with E-state index in [2.05, 4.69) is 9.69 Å². The summed E-state index contributed by atoms with van der Waals surface area (Å²) in [5, 5.41) is 3.31. The normalized spacial score (nSPS) is 14.0. The highest BCUT2D eigenvalue weighted by Gasteiger charge is 2.27. The highest BCUT2D eigenvalue weighted by Crippen LogP contribution is 2.25. The molecular formula is C16H17ClN4O2S. The Morgan fingerprint density at radius 3 is 2.71 bits per heavy atom. The molecule has 2 amide bonds. The molecule has 8 heteroatoms. The molecule has 1 aliphatic heterocycles. The molecule has 1 saturated heterocycles. The first-order valence-electron chi connectivity index (χ1n) is 7.64. The third kappa shape index (κ3) is 3.37. The van der Waals surface area contributed by atoms with Crippen molar-refractivity contribution in [3.63, 3.8) is 0 Å². The minimum Gasteiger partial charge on any atom is -0.395 e. The molecule has 0 aliphatic carbocycles. The molecule has 3 rings (SSSR count). The zero-order chi connectivity index (χ0) is 17.1. The van der Waals surface area contributed by atoms with Crippen molar-refractivity contribution in [3.8, 4) is 0 Å². The predicted octanol–water partition coefficient (Wildman–Crippen LogP) is 2.54. The minimum atomic E-state index is -0.413. The number of nitrogens with zero attached hydrogens (tertiary/aromatic N) is 2. The van der Waals surface area contributed by atoms with E-state index in [0.29, 0.717) is 9.90 Å². The van der Waals surface area contributed by atoms with Gasteiger partial charge in [0, 0.05) is 24.7 Å². The standard InChI is InChI=1S/C16H17ClN4O2S/c17-11-6-2-1-5-10(11)9-19-15(22)13-12(18)14(24-20-13)16(23)21-7-3-4-8-21/h1-2,5-6H,3-4,7-9,18H2,(H,19,22). The fraction of sp³-hybridized carbons (Fsp3) is 0.312. The number of anilines is 1. The van der Waals surface area contributed by atoms with Gasteiger partial charge in [0.15, 0.2) is 5.69 Å². The quantitative estimate of drug-likeness (QED) is 0.872. The second-order valence-corrected chi connectivity index (χ2v) is 6.73. The molecule has 3 N–H and O–H groups in total. The Morgan fingerprint density at radius 2 is 2.00 bits per heavy atom. The van der Waals surface area contributed by atoms with Crippen molar-refractivity contribution in [2.75, 3.05) is 18.8 Å². The molecule has 0 radical (unpaired) electrons. The summed E-state index contributed by atoms with van der Waals surface area (Å²) < 4.78 is 4.07. The topological polar surface area (TPSA) is 88.3 Å². The van der Waals surface area contributed by atoms with E-state index in [-0.39, 0.29) is 23.8 Å². The van der Waals surface area contributed by atoms with E-state index in [1.54, 1.807) is 11.0 Å². The van der Waals surface area contributed by atoms with Crippen LogP contribution in [0.25, 0.3) is 0 Å². The fourth-order valence-corrected chi connectivity index (χ4v) is 3.55. The number of nitrogen functional groups attached to an aromatic ring is 1. The highest BCUT2D eigenvalue weighted by atomic mass is 35.5. The lowest BCUT2D eigenvalue weighted by Gasteiger charge is -2.13. The van der Waals surface area contributed by atoms with Crippen molar-refractivity contribution in [1.82, 2.24) is 14.6 Å². The zero-order valence-corrected chi connectivity index (χ0v) is 14.5. The maximum atomic E-state index is 12.4. The van der Waals surface area contributed by atoms with Crippen LogP contribution in [0.4, 0.5) is 5.69 Å². The van der Waals surface area contributed by atoms with Crippen LogP contribution in [0, 0.1) is 0 Å². The van der Waals surface area contributed by atoms with Gasteiger partial charge in [-0.1, -0.05) is 29.8 Å². The minimum absolute atomic E-state index is 0.0922. The number of amides is 2. The van der Waals surface area contributed by atoms with Crippen LogP contribution in [-0.4, -0.2) is 34.2 Å². The summed E-state index contributed by atoms with van der Waals surface area (Å²) >= 11 is 7.03. The Bertz CT molecular complexity index is 771. The van der Waals surface area contributed by atoms with Gasteiger partial charge < -0.3 is 16.0 Å². The van der Waals surface area contributed by atoms with Crippen molar-refractivity contribution in [3.05, 3.63) is 45.4 Å². The van der Waals surface area contributed by atoms with Crippen LogP contribution < -0.4 is 11.1 Å². The Kier molecular flexibility index (Phi) is 5.01. The molecule has 1 fully saturated rings. The van der Waals surface area contributed by atoms with Crippen molar-refractivity contribution < 1.29 is 9.59 Å². The van der Waals surface area contributed by atoms with Gasteiger partial charge in [0.25, 0.3) is 11.8 Å². The van der Waals surface area contributed by atoms with Gasteiger partial charge in [0.1, 0.15) is 4.88 Å². The van der Waals surface area contributed by atoms with Gasteiger partial charge in [-0.05, 0) is 36.0 Å². The number of nitrogens with two attached hydrogens (primary N) is 1. The lowest BCUT2D eigenvalue weighted by atomic mass is 10.2. The lowest BCUT2D eigenvalue weighted by molar-refractivity contribution is 0.0798. The van der Waals surface area contributed by atoms with Crippen LogP contribution in [-0.2, 0) is 6.54 Å². The van der Waals surface area contributed by atoms with Crippen LogP contribution in [0.15, 0.2) is 24.3 Å². The molecule has 1 aliphatic rings. The molecule has 1 aromatic heterocycles. The van der Waals surface area contributed by atoms with Gasteiger partial charge in [0.2, 0.25) is 0 Å². The van der Waals surface area contributed by atoms with Crippen LogP contribution in [0.5, 0.6) is 0 Å². The molecule has 0 atom stereocenters. The third-order valence-electron chi connectivity index (χ3n) is 3.93. The third-order valence-corrected chi connectivity index (χ3v) is 5.15. The molecule has 6 nitrogen and oxygen atoms in total. The van der Waals surface area contributed by atoms with Crippen molar-refractivity contribution in [2.24, 2.45) is 0 Å². The first-order chi connectivity index (χ1) is 11.6. The van der Waals surface area contributed by atoms with Crippen LogP contribution in [0.1, 0.15) is 38.6 Å².